The van der Waals surface area contributed by atoms with Crippen molar-refractivity contribution in [1.82, 2.24) is 16.0 Å². The molecule has 176 valence electrons. The smallest absolute Gasteiger partial charge is 0.251 e. The SMILES string of the molecule is CC1=C(C(=O)NCc2ccccc2)[C@H](c2cc(C(C)(C)C)c(O)c(C(C)(C)C)c2)NC(=S)N1. The summed E-state index contributed by atoms with van der Waals surface area (Å²) in [5.74, 6) is 0.151. The topological polar surface area (TPSA) is 73.4 Å². The summed E-state index contributed by atoms with van der Waals surface area (Å²) in [5, 5.41) is 21.0. The fraction of sp³-hybridized carbons (Fsp3) is 0.407. The normalized spacial score (nSPS) is 16.8. The van der Waals surface area contributed by atoms with Gasteiger partial charge in [0.2, 0.25) is 0 Å². The van der Waals surface area contributed by atoms with E-state index >= 15 is 0 Å². The van der Waals surface area contributed by atoms with Crippen LogP contribution in [-0.2, 0) is 22.2 Å². The van der Waals surface area contributed by atoms with Gasteiger partial charge in [0.1, 0.15) is 5.75 Å². The summed E-state index contributed by atoms with van der Waals surface area (Å²) in [6, 6.07) is 13.4. The van der Waals surface area contributed by atoms with E-state index in [1.54, 1.807) is 0 Å². The molecule has 0 radical (unpaired) electrons. The van der Waals surface area contributed by atoms with Gasteiger partial charge in [0.25, 0.3) is 5.91 Å². The second kappa shape index (κ2) is 9.18. The molecule has 3 rings (SSSR count). The predicted octanol–water partition coefficient (Wildman–Crippen LogP) is 5.10. The van der Waals surface area contributed by atoms with Crippen LogP contribution in [0.4, 0.5) is 0 Å². The van der Waals surface area contributed by atoms with E-state index in [1.165, 1.54) is 0 Å². The first kappa shape index (κ1) is 24.8. The first-order chi connectivity index (χ1) is 15.3. The lowest BCUT2D eigenvalue weighted by atomic mass is 9.77. The molecular formula is C27H35N3O2S. The van der Waals surface area contributed by atoms with E-state index in [9.17, 15) is 9.90 Å². The number of carbonyl (C=O) groups excluding carboxylic acids is 1. The third-order valence-corrected chi connectivity index (χ3v) is 6.11. The van der Waals surface area contributed by atoms with Crippen molar-refractivity contribution in [3.63, 3.8) is 0 Å². The summed E-state index contributed by atoms with van der Waals surface area (Å²) in [4.78, 5) is 13.4. The number of thiocarbonyl (C=S) groups is 1. The van der Waals surface area contributed by atoms with Gasteiger partial charge in [-0.05, 0) is 64.4 Å². The Morgan fingerprint density at radius 2 is 1.58 bits per heavy atom. The van der Waals surface area contributed by atoms with E-state index < -0.39 is 6.04 Å². The van der Waals surface area contributed by atoms with Gasteiger partial charge in [-0.3, -0.25) is 4.79 Å². The number of benzene rings is 2. The van der Waals surface area contributed by atoms with Crippen LogP contribution in [0.1, 0.15) is 76.8 Å². The van der Waals surface area contributed by atoms with Crippen molar-refractivity contribution in [2.24, 2.45) is 0 Å². The molecule has 0 aliphatic carbocycles. The molecule has 0 fully saturated rings. The molecule has 0 aromatic heterocycles. The first-order valence-electron chi connectivity index (χ1n) is 11.3. The standard InChI is InChI=1S/C27H35N3O2S/c1-16-21(24(32)28-15-17-11-9-8-10-12-17)22(30-25(33)29-16)18-13-19(26(2,3)4)23(31)20(14-18)27(5,6)7/h8-14,22,31H,15H2,1-7H3,(H,28,32)(H2,29,30,33)/t22-/m0/s1. The number of phenolic OH excluding ortho intramolecular Hbond substituents is 1. The largest absolute Gasteiger partial charge is 0.507 e. The number of nitrogens with one attached hydrogen (secondary N) is 3. The van der Waals surface area contributed by atoms with Gasteiger partial charge in [0, 0.05) is 12.2 Å². The van der Waals surface area contributed by atoms with Gasteiger partial charge in [-0.15, -0.1) is 0 Å². The molecule has 0 saturated carbocycles. The Morgan fingerprint density at radius 3 is 2.09 bits per heavy atom. The fourth-order valence-corrected chi connectivity index (χ4v) is 4.36. The molecule has 0 spiro atoms. The average Bonchev–Trinajstić information content (AvgIpc) is 2.70. The lowest BCUT2D eigenvalue weighted by Crippen LogP contribution is -2.46. The van der Waals surface area contributed by atoms with Crippen LogP contribution < -0.4 is 16.0 Å². The quantitative estimate of drug-likeness (QED) is 0.473. The van der Waals surface area contributed by atoms with Crippen molar-refractivity contribution < 1.29 is 9.90 Å². The maximum atomic E-state index is 13.4. The fourth-order valence-electron chi connectivity index (χ4n) is 4.09. The van der Waals surface area contributed by atoms with E-state index in [1.807, 2.05) is 49.4 Å². The molecule has 4 N–H and O–H groups in total. The van der Waals surface area contributed by atoms with Gasteiger partial charge in [-0.25, -0.2) is 0 Å². The molecule has 1 amide bonds. The van der Waals surface area contributed by atoms with Gasteiger partial charge in [0.05, 0.1) is 11.6 Å². The molecule has 5 nitrogen and oxygen atoms in total. The molecule has 1 atom stereocenters. The molecule has 2 aromatic rings. The van der Waals surface area contributed by atoms with Crippen LogP contribution in [-0.4, -0.2) is 16.1 Å². The highest BCUT2D eigenvalue weighted by atomic mass is 32.1. The summed E-state index contributed by atoms with van der Waals surface area (Å²) < 4.78 is 0. The van der Waals surface area contributed by atoms with E-state index in [2.05, 4.69) is 57.5 Å². The minimum absolute atomic E-state index is 0.161. The minimum Gasteiger partial charge on any atom is -0.507 e. The third kappa shape index (κ3) is 5.56. The Bertz CT molecular complexity index is 1060. The Morgan fingerprint density at radius 1 is 1.03 bits per heavy atom. The van der Waals surface area contributed by atoms with Gasteiger partial charge in [-0.1, -0.05) is 71.9 Å². The molecule has 6 heteroatoms. The van der Waals surface area contributed by atoms with Crippen LogP contribution >= 0.6 is 12.2 Å². The Hall–Kier alpha value is -2.86. The van der Waals surface area contributed by atoms with E-state index in [-0.39, 0.29) is 16.7 Å². The van der Waals surface area contributed by atoms with Crippen LogP contribution in [0.15, 0.2) is 53.7 Å². The van der Waals surface area contributed by atoms with Crippen molar-refractivity contribution in [2.75, 3.05) is 0 Å². The van der Waals surface area contributed by atoms with E-state index in [0.717, 1.165) is 28.0 Å². The Labute approximate surface area is 202 Å². The summed E-state index contributed by atoms with van der Waals surface area (Å²) in [6.07, 6.45) is 0. The second-order valence-electron chi connectivity index (χ2n) is 10.7. The van der Waals surface area contributed by atoms with Gasteiger partial charge >= 0.3 is 0 Å². The van der Waals surface area contributed by atoms with Gasteiger partial charge in [0.15, 0.2) is 5.11 Å². The van der Waals surface area contributed by atoms with Crippen LogP contribution in [0.5, 0.6) is 5.75 Å². The highest BCUT2D eigenvalue weighted by Crippen LogP contribution is 2.42. The van der Waals surface area contributed by atoms with Crippen LogP contribution in [0, 0.1) is 0 Å². The lowest BCUT2D eigenvalue weighted by molar-refractivity contribution is -0.118. The number of hydrogen-bond acceptors (Lipinski definition) is 3. The number of amides is 1. The Kier molecular flexibility index (Phi) is 6.89. The summed E-state index contributed by atoms with van der Waals surface area (Å²) in [7, 11) is 0. The molecular weight excluding hydrogens is 430 g/mol. The van der Waals surface area contributed by atoms with Gasteiger partial charge < -0.3 is 21.1 Å². The molecule has 1 aliphatic rings. The van der Waals surface area contributed by atoms with Crippen LogP contribution in [0.2, 0.25) is 0 Å². The molecule has 1 heterocycles. The molecule has 0 saturated heterocycles. The zero-order chi connectivity index (χ0) is 24.6. The third-order valence-electron chi connectivity index (χ3n) is 5.89. The summed E-state index contributed by atoms with van der Waals surface area (Å²) in [5.41, 5.74) is 4.38. The monoisotopic (exact) mass is 465 g/mol. The maximum Gasteiger partial charge on any atom is 0.251 e. The number of carbonyl (C=O) groups is 1. The molecule has 1 aliphatic heterocycles. The van der Waals surface area contributed by atoms with Gasteiger partial charge in [-0.2, -0.15) is 0 Å². The average molecular weight is 466 g/mol. The maximum absolute atomic E-state index is 13.4. The predicted molar refractivity (Wildman–Crippen MR) is 138 cm³/mol. The molecule has 0 bridgehead atoms. The lowest BCUT2D eigenvalue weighted by Gasteiger charge is -2.33. The number of phenols is 1. The number of allylic oxidation sites excluding steroid dienone is 1. The summed E-state index contributed by atoms with van der Waals surface area (Å²) >= 11 is 5.44. The number of hydrogen-bond donors (Lipinski definition) is 4. The van der Waals surface area contributed by atoms with E-state index in [0.29, 0.717) is 23.0 Å². The highest BCUT2D eigenvalue weighted by molar-refractivity contribution is 7.80. The zero-order valence-corrected chi connectivity index (χ0v) is 21.4. The van der Waals surface area contributed by atoms with Crippen molar-refractivity contribution >= 4 is 23.2 Å². The number of rotatable bonds is 4. The van der Waals surface area contributed by atoms with Crippen LogP contribution in [0.3, 0.4) is 0 Å². The van der Waals surface area contributed by atoms with Crippen LogP contribution in [0.25, 0.3) is 0 Å². The van der Waals surface area contributed by atoms with Crippen molar-refractivity contribution in [1.29, 1.82) is 0 Å². The highest BCUT2D eigenvalue weighted by Gasteiger charge is 2.33. The summed E-state index contributed by atoms with van der Waals surface area (Å²) in [6.45, 7) is 14.8. The first-order valence-corrected chi connectivity index (χ1v) is 11.7. The van der Waals surface area contributed by atoms with E-state index in [4.69, 9.17) is 12.2 Å². The van der Waals surface area contributed by atoms with Crippen molar-refractivity contribution in [3.05, 3.63) is 76.0 Å². The zero-order valence-electron chi connectivity index (χ0n) is 20.6. The molecule has 0 unspecified atom stereocenters. The van der Waals surface area contributed by atoms with Crippen molar-refractivity contribution in [3.8, 4) is 5.75 Å². The second-order valence-corrected chi connectivity index (χ2v) is 11.1. The molecule has 2 aromatic carbocycles. The number of aromatic hydroxyl groups is 1. The Balaban J connectivity index is 2.07. The molecule has 33 heavy (non-hydrogen) atoms. The van der Waals surface area contributed by atoms with Crippen molar-refractivity contribution in [2.45, 2.75) is 71.9 Å². The minimum atomic E-state index is -0.433.